The molecule has 2 rings (SSSR count). The molecule has 0 aliphatic rings. The van der Waals surface area contributed by atoms with Crippen molar-refractivity contribution in [2.75, 3.05) is 0 Å². The van der Waals surface area contributed by atoms with E-state index in [0.29, 0.717) is 5.82 Å². The molecule has 0 atom stereocenters. The van der Waals surface area contributed by atoms with E-state index in [1.54, 1.807) is 6.20 Å². The van der Waals surface area contributed by atoms with Gasteiger partial charge in [0.25, 0.3) is 0 Å². The molecule has 90 valence electrons. The van der Waals surface area contributed by atoms with Crippen LogP contribution in [0.2, 0.25) is 0 Å². The lowest BCUT2D eigenvalue weighted by Crippen LogP contribution is -2.01. The number of aliphatic carboxylic acids is 1. The highest BCUT2D eigenvalue weighted by Crippen LogP contribution is 2.19. The van der Waals surface area contributed by atoms with Gasteiger partial charge in [0.2, 0.25) is 0 Å². The number of hydrogen-bond acceptors (Lipinski definition) is 2. The maximum atomic E-state index is 10.5. The van der Waals surface area contributed by atoms with Crippen LogP contribution in [0.4, 0.5) is 0 Å². The number of H-pyrrole nitrogens is 1. The van der Waals surface area contributed by atoms with Gasteiger partial charge in [0.1, 0.15) is 12.2 Å². The van der Waals surface area contributed by atoms with Crippen molar-refractivity contribution in [3.05, 3.63) is 40.8 Å². The van der Waals surface area contributed by atoms with E-state index in [1.165, 1.54) is 0 Å². The smallest absolute Gasteiger partial charge is 0.311 e. The van der Waals surface area contributed by atoms with Crippen LogP contribution in [0.5, 0.6) is 0 Å². The third-order valence-corrected chi connectivity index (χ3v) is 2.63. The van der Waals surface area contributed by atoms with Gasteiger partial charge in [-0.05, 0) is 17.7 Å². The largest absolute Gasteiger partial charge is 0.481 e. The van der Waals surface area contributed by atoms with Crippen LogP contribution in [0.15, 0.2) is 34.9 Å². The van der Waals surface area contributed by atoms with Gasteiger partial charge in [-0.1, -0.05) is 28.1 Å². The number of carboxylic acid groups (broad SMARTS) is 1. The summed E-state index contributed by atoms with van der Waals surface area (Å²) >= 11 is 3.35. The quantitative estimate of drug-likeness (QED) is 0.915. The lowest BCUT2D eigenvalue weighted by atomic mass is 10.2. The zero-order valence-corrected chi connectivity index (χ0v) is 11.1. The molecule has 0 bridgehead atoms. The number of halogens is 2. The Morgan fingerprint density at radius 1 is 1.35 bits per heavy atom. The Morgan fingerprint density at radius 3 is 2.59 bits per heavy atom. The van der Waals surface area contributed by atoms with Crippen molar-refractivity contribution in [1.29, 1.82) is 0 Å². The summed E-state index contributed by atoms with van der Waals surface area (Å²) in [5, 5.41) is 8.62. The van der Waals surface area contributed by atoms with Crippen LogP contribution in [0, 0.1) is 0 Å². The summed E-state index contributed by atoms with van der Waals surface area (Å²) in [5.41, 5.74) is 1.80. The van der Waals surface area contributed by atoms with Gasteiger partial charge in [-0.15, -0.1) is 12.4 Å². The number of carboxylic acids is 1. The molecule has 4 nitrogen and oxygen atoms in total. The van der Waals surface area contributed by atoms with Gasteiger partial charge in [0.05, 0.1) is 11.9 Å². The standard InChI is InChI=1S/C11H9BrN2O2.ClH/c12-8-3-1-7(2-4-8)9-6-13-10(14-9)5-11(15)16;/h1-4,6H,5H2,(H,13,14)(H,15,16);1H. The first-order chi connectivity index (χ1) is 7.65. The summed E-state index contributed by atoms with van der Waals surface area (Å²) < 4.78 is 1.00. The van der Waals surface area contributed by atoms with Gasteiger partial charge >= 0.3 is 5.97 Å². The number of aromatic nitrogens is 2. The van der Waals surface area contributed by atoms with Gasteiger partial charge in [0.15, 0.2) is 0 Å². The van der Waals surface area contributed by atoms with Crippen LogP contribution in [0.25, 0.3) is 11.3 Å². The van der Waals surface area contributed by atoms with Crippen LogP contribution in [0.1, 0.15) is 5.82 Å². The number of aromatic amines is 1. The Hall–Kier alpha value is -1.33. The van der Waals surface area contributed by atoms with Gasteiger partial charge in [-0.25, -0.2) is 4.98 Å². The molecule has 2 aromatic rings. The Bertz CT molecular complexity index is 510. The van der Waals surface area contributed by atoms with Gasteiger partial charge < -0.3 is 10.1 Å². The number of benzene rings is 1. The third-order valence-electron chi connectivity index (χ3n) is 2.10. The number of hydrogen-bond donors (Lipinski definition) is 2. The fourth-order valence-electron chi connectivity index (χ4n) is 1.37. The van der Waals surface area contributed by atoms with Crippen LogP contribution in [-0.2, 0) is 11.2 Å². The van der Waals surface area contributed by atoms with Crippen molar-refractivity contribution < 1.29 is 9.90 Å². The topological polar surface area (TPSA) is 66.0 Å². The van der Waals surface area contributed by atoms with Gasteiger partial charge in [0, 0.05) is 4.47 Å². The summed E-state index contributed by atoms with van der Waals surface area (Å²) in [6.07, 6.45) is 1.55. The predicted molar refractivity (Wildman–Crippen MR) is 70.3 cm³/mol. The first-order valence-corrected chi connectivity index (χ1v) is 5.46. The summed E-state index contributed by atoms with van der Waals surface area (Å²) in [7, 11) is 0. The van der Waals surface area contributed by atoms with Crippen molar-refractivity contribution in [1.82, 2.24) is 9.97 Å². The summed E-state index contributed by atoms with van der Waals surface area (Å²) in [6, 6.07) is 7.71. The Morgan fingerprint density at radius 2 is 2.00 bits per heavy atom. The predicted octanol–water partition coefficient (Wildman–Crippen LogP) is 2.89. The Balaban J connectivity index is 0.00000144. The molecule has 0 amide bonds. The second-order valence-corrected chi connectivity index (χ2v) is 4.24. The molecule has 0 aliphatic carbocycles. The first kappa shape index (κ1) is 13.7. The number of nitrogens with one attached hydrogen (secondary N) is 1. The summed E-state index contributed by atoms with van der Waals surface area (Å²) in [6.45, 7) is 0. The molecule has 1 aromatic heterocycles. The van der Waals surface area contributed by atoms with E-state index in [2.05, 4.69) is 25.9 Å². The van der Waals surface area contributed by atoms with Crippen LogP contribution < -0.4 is 0 Å². The lowest BCUT2D eigenvalue weighted by molar-refractivity contribution is -0.136. The van der Waals surface area contributed by atoms with Crippen molar-refractivity contribution in [2.45, 2.75) is 6.42 Å². The summed E-state index contributed by atoms with van der Waals surface area (Å²) in [4.78, 5) is 17.5. The number of carbonyl (C=O) groups is 1. The van der Waals surface area contributed by atoms with Crippen LogP contribution in [-0.4, -0.2) is 21.0 Å². The van der Waals surface area contributed by atoms with Gasteiger partial charge in [-0.3, -0.25) is 4.79 Å². The molecule has 1 aromatic carbocycles. The lowest BCUT2D eigenvalue weighted by Gasteiger charge is -1.97. The van der Waals surface area contributed by atoms with E-state index in [9.17, 15) is 4.79 Å². The molecule has 0 aliphatic heterocycles. The molecule has 0 fully saturated rings. The van der Waals surface area contributed by atoms with E-state index in [4.69, 9.17) is 5.11 Å². The highest BCUT2D eigenvalue weighted by molar-refractivity contribution is 9.10. The molecule has 0 spiro atoms. The second kappa shape index (κ2) is 5.84. The maximum absolute atomic E-state index is 10.5. The van der Waals surface area contributed by atoms with Gasteiger partial charge in [-0.2, -0.15) is 0 Å². The van der Waals surface area contributed by atoms with Crippen molar-refractivity contribution in [3.63, 3.8) is 0 Å². The molecule has 0 saturated heterocycles. The number of rotatable bonds is 3. The van der Waals surface area contributed by atoms with E-state index in [0.717, 1.165) is 15.7 Å². The second-order valence-electron chi connectivity index (χ2n) is 3.32. The molecule has 17 heavy (non-hydrogen) atoms. The first-order valence-electron chi connectivity index (χ1n) is 4.67. The zero-order chi connectivity index (χ0) is 11.5. The monoisotopic (exact) mass is 316 g/mol. The van der Waals surface area contributed by atoms with Crippen LogP contribution in [0.3, 0.4) is 0 Å². The van der Waals surface area contributed by atoms with E-state index < -0.39 is 5.97 Å². The van der Waals surface area contributed by atoms with E-state index in [1.807, 2.05) is 24.3 Å². The van der Waals surface area contributed by atoms with Crippen molar-refractivity contribution in [3.8, 4) is 11.3 Å². The normalized spacial score (nSPS) is 9.71. The average molecular weight is 318 g/mol. The summed E-state index contributed by atoms with van der Waals surface area (Å²) in [5.74, 6) is -0.429. The van der Waals surface area contributed by atoms with Crippen LogP contribution >= 0.6 is 28.3 Å². The molecule has 0 saturated carbocycles. The Labute approximate surface area is 113 Å². The number of imidazole rings is 1. The van der Waals surface area contributed by atoms with Crippen molar-refractivity contribution in [2.24, 2.45) is 0 Å². The molecule has 0 unspecified atom stereocenters. The highest BCUT2D eigenvalue weighted by atomic mass is 79.9. The molecular weight excluding hydrogens is 307 g/mol. The van der Waals surface area contributed by atoms with E-state index >= 15 is 0 Å². The molecule has 2 N–H and O–H groups in total. The minimum atomic E-state index is -0.892. The molecule has 0 radical (unpaired) electrons. The van der Waals surface area contributed by atoms with Crippen molar-refractivity contribution >= 4 is 34.3 Å². The zero-order valence-electron chi connectivity index (χ0n) is 8.68. The third kappa shape index (κ3) is 3.57. The highest BCUT2D eigenvalue weighted by Gasteiger charge is 2.06. The number of nitrogens with zero attached hydrogens (tertiary/aromatic N) is 1. The average Bonchev–Trinajstić information content (AvgIpc) is 2.66. The molecule has 6 heteroatoms. The SMILES string of the molecule is Cl.O=C(O)Cc1ncc(-c2ccc(Br)cc2)[nH]1. The fraction of sp³-hybridized carbons (Fsp3) is 0.0909. The fourth-order valence-corrected chi connectivity index (χ4v) is 1.64. The molecular formula is C11H10BrClN2O2. The Kier molecular flexibility index (Phi) is 4.72. The van der Waals surface area contributed by atoms with E-state index in [-0.39, 0.29) is 18.8 Å². The maximum Gasteiger partial charge on any atom is 0.311 e. The molecule has 1 heterocycles. The minimum absolute atomic E-state index is 0. The minimum Gasteiger partial charge on any atom is -0.481 e.